The summed E-state index contributed by atoms with van der Waals surface area (Å²) in [5, 5.41) is 0. The molecule has 0 nitrogen and oxygen atoms in total. The Hall–Kier alpha value is -0.352. The normalized spacial score (nSPS) is 9.30. The average molecular weight is 312 g/mol. The van der Waals surface area contributed by atoms with Crippen LogP contribution >= 0.6 is 0 Å². The molecule has 0 aliphatic heterocycles. The first kappa shape index (κ1) is 9.65. The van der Waals surface area contributed by atoms with Gasteiger partial charge >= 0.3 is 0 Å². The third-order valence-electron chi connectivity index (χ3n) is 1.11. The van der Waals surface area contributed by atoms with Crippen LogP contribution in [0.2, 0.25) is 0 Å². The summed E-state index contributed by atoms with van der Waals surface area (Å²) >= 11 is 0. The molecule has 0 spiro atoms. The molecule has 55 valence electrons. The molecule has 0 unspecified atom stereocenters. The van der Waals surface area contributed by atoms with Crippen molar-refractivity contribution in [2.45, 2.75) is 0 Å². The minimum absolute atomic E-state index is 0. The van der Waals surface area contributed by atoms with Crippen LogP contribution in [-0.2, 0) is 21.1 Å². The van der Waals surface area contributed by atoms with E-state index in [0.717, 1.165) is 0 Å². The van der Waals surface area contributed by atoms with E-state index in [1.807, 2.05) is 36.4 Å². The van der Waals surface area contributed by atoms with Crippen LogP contribution in [-0.4, -0.2) is 0 Å². The van der Waals surface area contributed by atoms with E-state index < -0.39 is 0 Å². The maximum absolute atomic E-state index is 3.60. The van der Waals surface area contributed by atoms with Gasteiger partial charge in [0.1, 0.15) is 0 Å². The molecule has 0 aromatic heterocycles. The molecular weight excluding hydrogens is 303 g/mol. The van der Waals surface area contributed by atoms with Crippen LogP contribution in [0.3, 0.4) is 0 Å². The number of benzene rings is 1. The minimum Gasteiger partial charge on any atom is -0.0836 e. The third kappa shape index (κ3) is 2.98. The van der Waals surface area contributed by atoms with E-state index in [1.54, 1.807) is 6.08 Å². The molecule has 0 aliphatic carbocycles. The first-order valence-corrected chi connectivity index (χ1v) is 2.94. The molecule has 1 aromatic carbocycles. The molecule has 1 aromatic rings. The number of hydrogen-bond acceptors (Lipinski definition) is 0. The molecular formula is C9H9Pt. The Morgan fingerprint density at radius 2 is 1.70 bits per heavy atom. The van der Waals surface area contributed by atoms with Crippen molar-refractivity contribution in [3.8, 4) is 0 Å². The van der Waals surface area contributed by atoms with Crippen molar-refractivity contribution in [2.75, 3.05) is 0 Å². The van der Waals surface area contributed by atoms with Crippen molar-refractivity contribution in [1.82, 2.24) is 0 Å². The zero-order chi connectivity index (χ0) is 6.53. The Kier molecular flexibility index (Phi) is 5.24. The Balaban J connectivity index is 0.000000810. The summed E-state index contributed by atoms with van der Waals surface area (Å²) in [6.07, 6.45) is 3.76. The van der Waals surface area contributed by atoms with Crippen LogP contribution in [0.15, 0.2) is 36.4 Å². The molecule has 0 atom stereocenters. The summed E-state index contributed by atoms with van der Waals surface area (Å²) in [6.45, 7) is 3.60. The van der Waals surface area contributed by atoms with E-state index >= 15 is 0 Å². The molecule has 1 radical (unpaired) electrons. The van der Waals surface area contributed by atoms with Gasteiger partial charge in [-0.3, -0.25) is 0 Å². The van der Waals surface area contributed by atoms with E-state index in [0.29, 0.717) is 0 Å². The van der Waals surface area contributed by atoms with Gasteiger partial charge in [0.15, 0.2) is 0 Å². The largest absolute Gasteiger partial charge is 0.0836 e. The van der Waals surface area contributed by atoms with Crippen LogP contribution in [0.1, 0.15) is 5.56 Å². The number of rotatable bonds is 1. The fourth-order valence-corrected chi connectivity index (χ4v) is 0.700. The van der Waals surface area contributed by atoms with Crippen molar-refractivity contribution in [3.05, 3.63) is 48.9 Å². The first-order valence-electron chi connectivity index (χ1n) is 2.94. The van der Waals surface area contributed by atoms with E-state index in [2.05, 4.69) is 6.92 Å². The van der Waals surface area contributed by atoms with E-state index in [1.165, 1.54) is 5.56 Å². The molecule has 0 fully saturated rings. The van der Waals surface area contributed by atoms with Gasteiger partial charge < -0.3 is 0 Å². The molecule has 1 rings (SSSR count). The van der Waals surface area contributed by atoms with Gasteiger partial charge in [0.05, 0.1) is 0 Å². The summed E-state index contributed by atoms with van der Waals surface area (Å²) < 4.78 is 0. The van der Waals surface area contributed by atoms with Crippen LogP contribution in [0, 0.1) is 6.92 Å². The van der Waals surface area contributed by atoms with Crippen molar-refractivity contribution in [1.29, 1.82) is 0 Å². The average Bonchev–Trinajstić information content (AvgIpc) is 1.91. The van der Waals surface area contributed by atoms with Gasteiger partial charge in [0, 0.05) is 21.1 Å². The topological polar surface area (TPSA) is 0 Å². The predicted octanol–water partition coefficient (Wildman–Crippen LogP) is 2.53. The molecule has 0 aliphatic rings. The molecule has 0 amide bonds. The van der Waals surface area contributed by atoms with E-state index in [9.17, 15) is 0 Å². The number of hydrogen-bond donors (Lipinski definition) is 0. The summed E-state index contributed by atoms with van der Waals surface area (Å²) in [5.74, 6) is 0. The van der Waals surface area contributed by atoms with Crippen LogP contribution < -0.4 is 0 Å². The third-order valence-corrected chi connectivity index (χ3v) is 1.11. The van der Waals surface area contributed by atoms with Gasteiger partial charge in [-0.25, -0.2) is 0 Å². The van der Waals surface area contributed by atoms with Crippen molar-refractivity contribution in [3.63, 3.8) is 0 Å². The number of allylic oxidation sites excluding steroid dienone is 1. The van der Waals surface area contributed by atoms with Gasteiger partial charge in [-0.2, -0.15) is 0 Å². The maximum atomic E-state index is 3.60. The predicted molar refractivity (Wildman–Crippen MR) is 40.8 cm³/mol. The van der Waals surface area contributed by atoms with Crippen molar-refractivity contribution in [2.24, 2.45) is 0 Å². The van der Waals surface area contributed by atoms with Gasteiger partial charge in [0.2, 0.25) is 0 Å². The molecule has 0 bridgehead atoms. The summed E-state index contributed by atoms with van der Waals surface area (Å²) in [7, 11) is 0. The molecule has 0 saturated carbocycles. The van der Waals surface area contributed by atoms with Gasteiger partial charge in [-0.05, 0) is 12.5 Å². The molecule has 0 N–H and O–H groups in total. The Morgan fingerprint density at radius 3 is 2.20 bits per heavy atom. The smallest absolute Gasteiger partial charge is 0 e. The second-order valence-electron chi connectivity index (χ2n) is 1.81. The fraction of sp³-hybridized carbons (Fsp3) is 0. The summed E-state index contributed by atoms with van der Waals surface area (Å²) in [6, 6.07) is 10.1. The fourth-order valence-electron chi connectivity index (χ4n) is 0.700. The van der Waals surface area contributed by atoms with Gasteiger partial charge in [-0.15, -0.1) is 0 Å². The van der Waals surface area contributed by atoms with Gasteiger partial charge in [0.25, 0.3) is 0 Å². The standard InChI is InChI=1S/C9H9.Pt/c1-2-6-9-7-4-3-5-8-9;/h2-8H,1H2;/b6-2+;. The van der Waals surface area contributed by atoms with E-state index in [4.69, 9.17) is 0 Å². The van der Waals surface area contributed by atoms with Crippen LogP contribution in [0.4, 0.5) is 0 Å². The second-order valence-corrected chi connectivity index (χ2v) is 1.81. The molecule has 1 heteroatoms. The summed E-state index contributed by atoms with van der Waals surface area (Å²) in [4.78, 5) is 0. The van der Waals surface area contributed by atoms with Gasteiger partial charge in [-0.1, -0.05) is 42.5 Å². The maximum Gasteiger partial charge on any atom is 0 e. The minimum atomic E-state index is 0. The Morgan fingerprint density at radius 1 is 1.10 bits per heavy atom. The zero-order valence-corrected chi connectivity index (χ0v) is 7.84. The monoisotopic (exact) mass is 312 g/mol. The molecule has 0 heterocycles. The van der Waals surface area contributed by atoms with Crippen molar-refractivity contribution < 1.29 is 21.1 Å². The molecule has 0 saturated heterocycles. The Labute approximate surface area is 76.2 Å². The van der Waals surface area contributed by atoms with E-state index in [-0.39, 0.29) is 21.1 Å². The first-order chi connectivity index (χ1) is 4.43. The second kappa shape index (κ2) is 5.43. The quantitative estimate of drug-likeness (QED) is 0.747. The summed E-state index contributed by atoms with van der Waals surface area (Å²) in [5.41, 5.74) is 1.20. The molecule has 10 heavy (non-hydrogen) atoms. The van der Waals surface area contributed by atoms with Crippen molar-refractivity contribution >= 4 is 6.08 Å². The Bertz CT molecular complexity index is 189. The van der Waals surface area contributed by atoms with Crippen LogP contribution in [0.25, 0.3) is 6.08 Å². The zero-order valence-electron chi connectivity index (χ0n) is 5.56. The van der Waals surface area contributed by atoms with Crippen LogP contribution in [0.5, 0.6) is 0 Å². The SMILES string of the molecule is [CH2]/C=C/c1ccccc1.[Pt].